The average molecular weight is 305 g/mol. The van der Waals surface area contributed by atoms with Gasteiger partial charge in [0.15, 0.2) is 0 Å². The molecular formula is C20H20NP. The highest BCUT2D eigenvalue weighted by Gasteiger charge is 2.18. The lowest BCUT2D eigenvalue weighted by atomic mass is 10.1. The minimum Gasteiger partial charge on any atom is -0.324 e. The zero-order valence-electron chi connectivity index (χ0n) is 12.5. The zero-order valence-corrected chi connectivity index (χ0v) is 13.4. The van der Waals surface area contributed by atoms with E-state index in [1.165, 1.54) is 16.2 Å². The highest BCUT2D eigenvalue weighted by molar-refractivity contribution is 7.73. The molecule has 3 aromatic carbocycles. The highest BCUT2D eigenvalue weighted by Crippen LogP contribution is 2.37. The van der Waals surface area contributed by atoms with Crippen LogP contribution in [0.15, 0.2) is 91.0 Å². The Bertz CT molecular complexity index is 643. The van der Waals surface area contributed by atoms with Crippen molar-refractivity contribution in [2.45, 2.75) is 6.04 Å². The van der Waals surface area contributed by atoms with Crippen LogP contribution in [-0.2, 0) is 0 Å². The normalized spacial score (nSPS) is 12.3. The van der Waals surface area contributed by atoms with Crippen molar-refractivity contribution < 1.29 is 0 Å². The fraction of sp³-hybridized carbons (Fsp3) is 0.100. The molecule has 22 heavy (non-hydrogen) atoms. The van der Waals surface area contributed by atoms with Crippen molar-refractivity contribution in [1.29, 1.82) is 0 Å². The second-order valence-corrected chi connectivity index (χ2v) is 7.55. The molecule has 0 amide bonds. The van der Waals surface area contributed by atoms with Gasteiger partial charge < -0.3 is 5.73 Å². The van der Waals surface area contributed by atoms with Gasteiger partial charge in [0.2, 0.25) is 0 Å². The maximum absolute atomic E-state index is 6.49. The van der Waals surface area contributed by atoms with Gasteiger partial charge in [-0.05, 0) is 30.3 Å². The fourth-order valence-corrected chi connectivity index (χ4v) is 4.97. The Hall–Kier alpha value is -1.95. The molecule has 2 N–H and O–H groups in total. The molecule has 0 radical (unpaired) electrons. The first-order chi connectivity index (χ1) is 10.8. The molecule has 0 heterocycles. The minimum atomic E-state index is -0.439. The molecule has 1 nitrogen and oxygen atoms in total. The predicted octanol–water partition coefficient (Wildman–Crippen LogP) is 3.82. The first-order valence-electron chi connectivity index (χ1n) is 7.53. The number of benzene rings is 3. The third-order valence-corrected chi connectivity index (χ3v) is 6.34. The maximum atomic E-state index is 6.49. The molecule has 0 unspecified atom stereocenters. The van der Waals surface area contributed by atoms with Gasteiger partial charge in [0.25, 0.3) is 0 Å². The van der Waals surface area contributed by atoms with E-state index >= 15 is 0 Å². The summed E-state index contributed by atoms with van der Waals surface area (Å²) in [5.74, 6) is 0. The van der Waals surface area contributed by atoms with Crippen molar-refractivity contribution in [3.05, 3.63) is 96.6 Å². The molecule has 1 atom stereocenters. The Morgan fingerprint density at radius 2 is 1.05 bits per heavy atom. The number of rotatable bonds is 5. The van der Waals surface area contributed by atoms with Gasteiger partial charge in [-0.3, -0.25) is 0 Å². The lowest BCUT2D eigenvalue weighted by molar-refractivity contribution is 0.828. The molecule has 0 aliphatic carbocycles. The van der Waals surface area contributed by atoms with E-state index in [9.17, 15) is 0 Å². The van der Waals surface area contributed by atoms with E-state index in [4.69, 9.17) is 5.73 Å². The van der Waals surface area contributed by atoms with Crippen molar-refractivity contribution >= 4 is 18.5 Å². The first-order valence-corrected chi connectivity index (χ1v) is 9.05. The SMILES string of the molecule is N[C@H](CP(c1ccccc1)c1ccccc1)c1ccccc1. The molecule has 0 aliphatic heterocycles. The summed E-state index contributed by atoms with van der Waals surface area (Å²) in [5, 5.41) is 2.77. The third kappa shape index (κ3) is 3.62. The van der Waals surface area contributed by atoms with Crippen LogP contribution in [-0.4, -0.2) is 6.16 Å². The Morgan fingerprint density at radius 1 is 0.636 bits per heavy atom. The number of hydrogen-bond donors (Lipinski definition) is 1. The van der Waals surface area contributed by atoms with E-state index < -0.39 is 7.92 Å². The lowest BCUT2D eigenvalue weighted by Crippen LogP contribution is -2.22. The number of nitrogens with two attached hydrogens (primary N) is 1. The second-order valence-electron chi connectivity index (χ2n) is 5.30. The molecule has 0 spiro atoms. The van der Waals surface area contributed by atoms with Crippen LogP contribution >= 0.6 is 7.92 Å². The standard InChI is InChI=1S/C20H20NP/c21-20(17-10-4-1-5-11-17)16-22(18-12-6-2-7-13-18)19-14-8-3-9-15-19/h1-15,20H,16,21H2/t20-/m1/s1. The van der Waals surface area contributed by atoms with Crippen LogP contribution in [0.25, 0.3) is 0 Å². The van der Waals surface area contributed by atoms with Gasteiger partial charge in [-0.25, -0.2) is 0 Å². The smallest absolute Gasteiger partial charge is 0.0340 e. The minimum absolute atomic E-state index is 0.0627. The molecule has 3 aromatic rings. The molecular weight excluding hydrogens is 285 g/mol. The third-order valence-electron chi connectivity index (χ3n) is 3.74. The van der Waals surface area contributed by atoms with Gasteiger partial charge in [0.1, 0.15) is 0 Å². The Morgan fingerprint density at radius 3 is 1.50 bits per heavy atom. The molecule has 0 saturated heterocycles. The predicted molar refractivity (Wildman–Crippen MR) is 97.3 cm³/mol. The van der Waals surface area contributed by atoms with Gasteiger partial charge in [0.05, 0.1) is 0 Å². The Balaban J connectivity index is 1.90. The molecule has 0 fully saturated rings. The van der Waals surface area contributed by atoms with Crippen LogP contribution in [0.3, 0.4) is 0 Å². The monoisotopic (exact) mass is 305 g/mol. The van der Waals surface area contributed by atoms with Crippen molar-refractivity contribution in [2.75, 3.05) is 6.16 Å². The summed E-state index contributed by atoms with van der Waals surface area (Å²) in [7, 11) is -0.439. The zero-order chi connectivity index (χ0) is 15.2. The Labute approximate surface area is 133 Å². The van der Waals surface area contributed by atoms with Crippen molar-refractivity contribution in [1.82, 2.24) is 0 Å². The highest BCUT2D eigenvalue weighted by atomic mass is 31.1. The molecule has 110 valence electrons. The molecule has 0 aliphatic rings. The van der Waals surface area contributed by atoms with E-state index in [1.807, 2.05) is 6.07 Å². The quantitative estimate of drug-likeness (QED) is 0.713. The lowest BCUT2D eigenvalue weighted by Gasteiger charge is -2.23. The summed E-state index contributed by atoms with van der Waals surface area (Å²) in [4.78, 5) is 0. The van der Waals surface area contributed by atoms with Crippen LogP contribution < -0.4 is 16.3 Å². The van der Waals surface area contributed by atoms with Gasteiger partial charge in [-0.2, -0.15) is 0 Å². The van der Waals surface area contributed by atoms with Gasteiger partial charge >= 0.3 is 0 Å². The fourth-order valence-electron chi connectivity index (χ4n) is 2.58. The van der Waals surface area contributed by atoms with Gasteiger partial charge in [0, 0.05) is 6.04 Å². The summed E-state index contributed by atoms with van der Waals surface area (Å²) < 4.78 is 0. The molecule has 3 rings (SSSR count). The largest absolute Gasteiger partial charge is 0.324 e. The van der Waals surface area contributed by atoms with Crippen LogP contribution in [0.5, 0.6) is 0 Å². The average Bonchev–Trinajstić information content (AvgIpc) is 2.62. The summed E-state index contributed by atoms with van der Waals surface area (Å²) in [6.07, 6.45) is 0.966. The van der Waals surface area contributed by atoms with E-state index in [0.29, 0.717) is 0 Å². The van der Waals surface area contributed by atoms with E-state index in [2.05, 4.69) is 84.9 Å². The van der Waals surface area contributed by atoms with E-state index in [-0.39, 0.29) is 6.04 Å². The van der Waals surface area contributed by atoms with Crippen LogP contribution in [0.4, 0.5) is 0 Å². The van der Waals surface area contributed by atoms with Gasteiger partial charge in [-0.15, -0.1) is 0 Å². The van der Waals surface area contributed by atoms with Crippen LogP contribution in [0.2, 0.25) is 0 Å². The molecule has 0 saturated carbocycles. The van der Waals surface area contributed by atoms with Gasteiger partial charge in [-0.1, -0.05) is 91.0 Å². The van der Waals surface area contributed by atoms with E-state index in [1.54, 1.807) is 0 Å². The Kier molecular flexibility index (Phi) is 5.00. The van der Waals surface area contributed by atoms with Crippen molar-refractivity contribution in [3.63, 3.8) is 0 Å². The topological polar surface area (TPSA) is 26.0 Å². The second kappa shape index (κ2) is 7.35. The summed E-state index contributed by atoms with van der Waals surface area (Å²) in [6.45, 7) is 0. The van der Waals surface area contributed by atoms with Crippen molar-refractivity contribution in [3.8, 4) is 0 Å². The first kappa shape index (κ1) is 15.0. The maximum Gasteiger partial charge on any atom is 0.0340 e. The molecule has 0 bridgehead atoms. The van der Waals surface area contributed by atoms with Crippen LogP contribution in [0.1, 0.15) is 11.6 Å². The summed E-state index contributed by atoms with van der Waals surface area (Å²) in [6, 6.07) is 31.9. The van der Waals surface area contributed by atoms with Crippen LogP contribution in [0, 0.1) is 0 Å². The molecule has 0 aromatic heterocycles. The summed E-state index contributed by atoms with van der Waals surface area (Å²) >= 11 is 0. The van der Waals surface area contributed by atoms with Crippen molar-refractivity contribution in [2.24, 2.45) is 5.73 Å². The summed E-state index contributed by atoms with van der Waals surface area (Å²) in [5.41, 5.74) is 7.70. The number of hydrogen-bond acceptors (Lipinski definition) is 1. The molecule has 2 heteroatoms. The van der Waals surface area contributed by atoms with E-state index in [0.717, 1.165) is 6.16 Å².